The molecule has 0 radical (unpaired) electrons. The maximum atomic E-state index is 12.9. The molecule has 0 N–H and O–H groups in total. The van der Waals surface area contributed by atoms with Crippen LogP contribution in [-0.4, -0.2) is 21.2 Å². The molecule has 4 aromatic rings. The Kier molecular flexibility index (Phi) is 6.23. The summed E-state index contributed by atoms with van der Waals surface area (Å²) >= 11 is 1.35. The molecule has 0 saturated carbocycles. The maximum absolute atomic E-state index is 12.9. The van der Waals surface area contributed by atoms with Gasteiger partial charge in [-0.2, -0.15) is 9.50 Å². The number of thiazole rings is 1. The Bertz CT molecular complexity index is 1240. The molecule has 30 heavy (non-hydrogen) atoms. The lowest BCUT2D eigenvalue weighted by Gasteiger charge is -2.08. The number of aryl methyl sites for hydroxylation is 1. The highest BCUT2D eigenvalue weighted by Crippen LogP contribution is 2.20. The number of unbranched alkanes of at least 4 members (excludes halogenated alkanes) is 3. The number of rotatable bonds is 8. The summed E-state index contributed by atoms with van der Waals surface area (Å²) in [5.41, 5.74) is 2.82. The highest BCUT2D eigenvalue weighted by Gasteiger charge is 2.12. The predicted octanol–water partition coefficient (Wildman–Crippen LogP) is 4.63. The van der Waals surface area contributed by atoms with Gasteiger partial charge in [0.15, 0.2) is 5.82 Å². The third kappa shape index (κ3) is 4.44. The summed E-state index contributed by atoms with van der Waals surface area (Å²) < 4.78 is 7.96. The molecule has 154 valence electrons. The van der Waals surface area contributed by atoms with Gasteiger partial charge in [0.1, 0.15) is 5.75 Å². The Morgan fingerprint density at radius 3 is 2.63 bits per heavy atom. The van der Waals surface area contributed by atoms with Crippen molar-refractivity contribution in [1.82, 2.24) is 14.6 Å². The first-order valence-corrected chi connectivity index (χ1v) is 11.2. The third-order valence-corrected chi connectivity index (χ3v) is 5.91. The summed E-state index contributed by atoms with van der Waals surface area (Å²) in [6.07, 6.45) is 6.51. The van der Waals surface area contributed by atoms with E-state index in [0.717, 1.165) is 23.3 Å². The van der Waals surface area contributed by atoms with Gasteiger partial charge in [-0.15, -0.1) is 5.10 Å². The Hall–Kier alpha value is -2.99. The molecule has 2 aromatic heterocycles. The molecule has 5 nitrogen and oxygen atoms in total. The van der Waals surface area contributed by atoms with Crippen molar-refractivity contribution in [3.8, 4) is 17.1 Å². The second-order valence-electron chi connectivity index (χ2n) is 7.36. The smallest absolute Gasteiger partial charge is 0.291 e. The summed E-state index contributed by atoms with van der Waals surface area (Å²) in [7, 11) is 0. The second-order valence-corrected chi connectivity index (χ2v) is 8.37. The fourth-order valence-corrected chi connectivity index (χ4v) is 4.14. The Morgan fingerprint density at radius 1 is 1.07 bits per heavy atom. The van der Waals surface area contributed by atoms with Crippen LogP contribution in [0.5, 0.6) is 5.75 Å². The molecule has 2 heterocycles. The molecule has 0 atom stereocenters. The first-order chi connectivity index (χ1) is 14.7. The van der Waals surface area contributed by atoms with E-state index in [1.807, 2.05) is 61.5 Å². The van der Waals surface area contributed by atoms with Crippen molar-refractivity contribution < 1.29 is 4.74 Å². The van der Waals surface area contributed by atoms with Gasteiger partial charge in [0.25, 0.3) is 5.56 Å². The van der Waals surface area contributed by atoms with Crippen LogP contribution in [0.2, 0.25) is 0 Å². The summed E-state index contributed by atoms with van der Waals surface area (Å²) in [4.78, 5) is 18.0. The average Bonchev–Trinajstić information content (AvgIpc) is 3.29. The molecule has 0 aliphatic rings. The lowest BCUT2D eigenvalue weighted by molar-refractivity contribution is 0.304. The molecule has 0 unspecified atom stereocenters. The number of ether oxygens (including phenoxy) is 1. The number of hydrogen-bond acceptors (Lipinski definition) is 5. The van der Waals surface area contributed by atoms with Gasteiger partial charge in [-0.1, -0.05) is 85.6 Å². The lowest BCUT2D eigenvalue weighted by Crippen LogP contribution is -2.23. The molecular weight excluding hydrogens is 394 g/mol. The van der Waals surface area contributed by atoms with Gasteiger partial charge in [-0.05, 0) is 25.5 Å². The summed E-state index contributed by atoms with van der Waals surface area (Å²) in [5.74, 6) is 1.37. The zero-order chi connectivity index (χ0) is 20.9. The zero-order valence-corrected chi connectivity index (χ0v) is 18.1. The second kappa shape index (κ2) is 9.22. The van der Waals surface area contributed by atoms with Crippen LogP contribution < -0.4 is 14.8 Å². The first-order valence-electron chi connectivity index (χ1n) is 10.4. The summed E-state index contributed by atoms with van der Waals surface area (Å²) in [6, 6.07) is 15.8. The quantitative estimate of drug-likeness (QED) is 0.391. The normalized spacial score (nSPS) is 12.0. The third-order valence-electron chi connectivity index (χ3n) is 4.95. The largest absolute Gasteiger partial charge is 0.493 e. The van der Waals surface area contributed by atoms with Gasteiger partial charge in [0.2, 0.25) is 4.96 Å². The van der Waals surface area contributed by atoms with Gasteiger partial charge in [0, 0.05) is 11.1 Å². The van der Waals surface area contributed by atoms with Crippen molar-refractivity contribution in [2.75, 3.05) is 6.61 Å². The number of aromatic nitrogens is 3. The first kappa shape index (κ1) is 20.3. The standard InChI is InChI=1S/C24H25N3O2S/c1-3-4-5-8-15-29-20-10-7-6-9-19(20)16-21-23(28)27-24(30-21)25-22(26-27)18-13-11-17(2)12-14-18/h6-7,9-14,16H,3-5,8,15H2,1-2H3/b21-16-. The predicted molar refractivity (Wildman–Crippen MR) is 122 cm³/mol. The van der Waals surface area contributed by atoms with Crippen LogP contribution in [0.25, 0.3) is 22.4 Å². The Balaban J connectivity index is 1.61. The van der Waals surface area contributed by atoms with E-state index in [1.54, 1.807) is 0 Å². The van der Waals surface area contributed by atoms with Gasteiger partial charge >= 0.3 is 0 Å². The van der Waals surface area contributed by atoms with E-state index in [2.05, 4.69) is 17.0 Å². The number of benzene rings is 2. The van der Waals surface area contributed by atoms with Crippen LogP contribution in [0, 0.1) is 6.92 Å². The van der Waals surface area contributed by atoms with E-state index in [0.29, 0.717) is 21.9 Å². The topological polar surface area (TPSA) is 56.5 Å². The highest BCUT2D eigenvalue weighted by molar-refractivity contribution is 7.15. The van der Waals surface area contributed by atoms with E-state index in [9.17, 15) is 4.79 Å². The Morgan fingerprint density at radius 2 is 1.87 bits per heavy atom. The van der Waals surface area contributed by atoms with Crippen LogP contribution in [-0.2, 0) is 0 Å². The monoisotopic (exact) mass is 419 g/mol. The molecule has 0 fully saturated rings. The maximum Gasteiger partial charge on any atom is 0.291 e. The lowest BCUT2D eigenvalue weighted by atomic mass is 10.1. The number of nitrogens with zero attached hydrogens (tertiary/aromatic N) is 3. The van der Waals surface area contributed by atoms with Crippen molar-refractivity contribution in [2.24, 2.45) is 0 Å². The van der Waals surface area contributed by atoms with Crippen LogP contribution >= 0.6 is 11.3 Å². The molecule has 4 rings (SSSR count). The Labute approximate surface area is 179 Å². The van der Waals surface area contributed by atoms with Gasteiger partial charge < -0.3 is 4.74 Å². The van der Waals surface area contributed by atoms with E-state index < -0.39 is 0 Å². The molecule has 0 amide bonds. The minimum atomic E-state index is -0.154. The molecule has 0 saturated heterocycles. The molecule has 6 heteroatoms. The van der Waals surface area contributed by atoms with Crippen LogP contribution in [0.3, 0.4) is 0 Å². The van der Waals surface area contributed by atoms with Crippen molar-refractivity contribution in [2.45, 2.75) is 39.5 Å². The van der Waals surface area contributed by atoms with E-state index >= 15 is 0 Å². The van der Waals surface area contributed by atoms with Crippen molar-refractivity contribution >= 4 is 22.4 Å². The number of hydrogen-bond donors (Lipinski definition) is 0. The average molecular weight is 420 g/mol. The zero-order valence-electron chi connectivity index (χ0n) is 17.3. The molecule has 0 bridgehead atoms. The van der Waals surface area contributed by atoms with Crippen molar-refractivity contribution in [3.05, 3.63) is 74.5 Å². The van der Waals surface area contributed by atoms with Gasteiger partial charge in [0.05, 0.1) is 11.1 Å². The molecule has 0 aliphatic heterocycles. The van der Waals surface area contributed by atoms with Crippen LogP contribution in [0.4, 0.5) is 0 Å². The van der Waals surface area contributed by atoms with Crippen LogP contribution in [0.1, 0.15) is 43.7 Å². The van der Waals surface area contributed by atoms with E-state index in [-0.39, 0.29) is 5.56 Å². The molecule has 2 aromatic carbocycles. The van der Waals surface area contributed by atoms with E-state index in [1.165, 1.54) is 40.7 Å². The summed E-state index contributed by atoms with van der Waals surface area (Å²) in [5, 5.41) is 4.43. The van der Waals surface area contributed by atoms with Crippen molar-refractivity contribution in [1.29, 1.82) is 0 Å². The molecule has 0 spiro atoms. The number of fused-ring (bicyclic) bond motifs is 1. The minimum absolute atomic E-state index is 0.154. The fraction of sp³-hybridized carbons (Fsp3) is 0.292. The van der Waals surface area contributed by atoms with Gasteiger partial charge in [-0.3, -0.25) is 4.79 Å². The van der Waals surface area contributed by atoms with Gasteiger partial charge in [-0.25, -0.2) is 0 Å². The van der Waals surface area contributed by atoms with Crippen molar-refractivity contribution in [3.63, 3.8) is 0 Å². The van der Waals surface area contributed by atoms with Crippen LogP contribution in [0.15, 0.2) is 53.3 Å². The SMILES string of the molecule is CCCCCCOc1ccccc1/C=c1\sc2nc(-c3ccc(C)cc3)nn2c1=O. The molecule has 0 aliphatic carbocycles. The number of para-hydroxylation sites is 1. The molecular formula is C24H25N3O2S. The summed E-state index contributed by atoms with van der Waals surface area (Å²) in [6.45, 7) is 4.92. The highest BCUT2D eigenvalue weighted by atomic mass is 32.1. The minimum Gasteiger partial charge on any atom is -0.493 e. The fourth-order valence-electron chi connectivity index (χ4n) is 3.24. The van der Waals surface area contributed by atoms with E-state index in [4.69, 9.17) is 4.74 Å².